The Hall–Kier alpha value is -3.26. The number of nitrogens with one attached hydrogen (secondary N) is 1. The highest BCUT2D eigenvalue weighted by Crippen LogP contribution is 2.29. The van der Waals surface area contributed by atoms with Crippen molar-refractivity contribution in [2.75, 3.05) is 44.2 Å². The summed E-state index contributed by atoms with van der Waals surface area (Å²) < 4.78 is 31.9. The molecule has 3 aromatic rings. The normalized spacial score (nSPS) is 20.7. The van der Waals surface area contributed by atoms with Crippen LogP contribution in [0.4, 0.5) is 14.5 Å². The number of hydrogen-bond donors (Lipinski definition) is 1. The minimum atomic E-state index is -0.286. The molecule has 0 spiro atoms. The average molecular weight is 481 g/mol. The summed E-state index contributed by atoms with van der Waals surface area (Å²) in [6.45, 7) is 4.60. The number of rotatable bonds is 6. The first kappa shape index (κ1) is 23.5. The van der Waals surface area contributed by atoms with Crippen molar-refractivity contribution in [2.24, 2.45) is 11.8 Å². The Bertz CT molecular complexity index is 1120. The molecule has 2 atom stereocenters. The fourth-order valence-corrected chi connectivity index (χ4v) is 5.13. The van der Waals surface area contributed by atoms with Gasteiger partial charge in [-0.3, -0.25) is 4.79 Å². The molecule has 6 nitrogen and oxygen atoms in total. The van der Waals surface area contributed by atoms with E-state index in [1.165, 1.54) is 24.3 Å². The third-order valence-electron chi connectivity index (χ3n) is 7.19. The maximum Gasteiger partial charge on any atom is 0.222 e. The smallest absolute Gasteiger partial charge is 0.222 e. The van der Waals surface area contributed by atoms with Gasteiger partial charge in [0, 0.05) is 49.9 Å². The maximum absolute atomic E-state index is 13.2. The Balaban J connectivity index is 1.16. The van der Waals surface area contributed by atoms with Crippen LogP contribution in [0.5, 0.6) is 0 Å². The maximum atomic E-state index is 13.2. The van der Waals surface area contributed by atoms with Gasteiger partial charge in [-0.25, -0.2) is 8.78 Å². The van der Waals surface area contributed by atoms with Crippen LogP contribution in [0.3, 0.4) is 0 Å². The molecule has 0 unspecified atom stereocenters. The fourth-order valence-electron chi connectivity index (χ4n) is 5.13. The molecule has 2 aromatic carbocycles. The quantitative estimate of drug-likeness (QED) is 0.575. The number of aromatic nitrogens is 1. The van der Waals surface area contributed by atoms with Crippen molar-refractivity contribution in [3.8, 4) is 11.3 Å². The summed E-state index contributed by atoms with van der Waals surface area (Å²) in [4.78, 5) is 17.3. The SMILES string of the molecule is O=C(C[C@@H]1CCNC[C@H]1Cc1cc(-c2ccc(F)cc2)on1)N1CCN(c2ccc(F)cc2)CC1. The summed E-state index contributed by atoms with van der Waals surface area (Å²) in [5.74, 6) is 0.870. The highest BCUT2D eigenvalue weighted by molar-refractivity contribution is 5.77. The molecule has 35 heavy (non-hydrogen) atoms. The molecular weight excluding hydrogens is 450 g/mol. The number of anilines is 1. The Kier molecular flexibility index (Phi) is 7.08. The molecule has 2 fully saturated rings. The van der Waals surface area contributed by atoms with Crippen molar-refractivity contribution in [2.45, 2.75) is 19.3 Å². The number of carbonyl (C=O) groups excluding carboxylic acids is 1. The Labute approximate surface area is 203 Å². The van der Waals surface area contributed by atoms with Crippen LogP contribution in [-0.4, -0.2) is 55.2 Å². The van der Waals surface area contributed by atoms with Crippen molar-refractivity contribution in [3.05, 3.63) is 71.9 Å². The van der Waals surface area contributed by atoms with Crippen LogP contribution in [0.25, 0.3) is 11.3 Å². The predicted octanol–water partition coefficient (Wildman–Crippen LogP) is 4.13. The van der Waals surface area contributed by atoms with Crippen molar-refractivity contribution < 1.29 is 18.1 Å². The first-order chi connectivity index (χ1) is 17.0. The van der Waals surface area contributed by atoms with E-state index in [0.717, 1.165) is 56.0 Å². The number of nitrogens with zero attached hydrogens (tertiary/aromatic N) is 3. The van der Waals surface area contributed by atoms with Gasteiger partial charge in [0.1, 0.15) is 11.6 Å². The van der Waals surface area contributed by atoms with Gasteiger partial charge in [0.05, 0.1) is 5.69 Å². The molecule has 8 heteroatoms. The second kappa shape index (κ2) is 10.6. The first-order valence-electron chi connectivity index (χ1n) is 12.3. The number of carbonyl (C=O) groups is 1. The van der Waals surface area contributed by atoms with E-state index in [1.807, 2.05) is 11.0 Å². The lowest BCUT2D eigenvalue weighted by Crippen LogP contribution is -2.50. The van der Waals surface area contributed by atoms with Gasteiger partial charge >= 0.3 is 0 Å². The highest BCUT2D eigenvalue weighted by atomic mass is 19.1. The summed E-state index contributed by atoms with van der Waals surface area (Å²) in [6, 6.07) is 14.6. The number of piperidine rings is 1. The van der Waals surface area contributed by atoms with Crippen LogP contribution in [0, 0.1) is 23.5 Å². The van der Waals surface area contributed by atoms with E-state index in [-0.39, 0.29) is 23.5 Å². The monoisotopic (exact) mass is 480 g/mol. The second-order valence-electron chi connectivity index (χ2n) is 9.45. The van der Waals surface area contributed by atoms with Crippen LogP contribution in [0.15, 0.2) is 59.1 Å². The number of amides is 1. The largest absolute Gasteiger partial charge is 0.368 e. The molecule has 0 saturated carbocycles. The lowest BCUT2D eigenvalue weighted by atomic mass is 9.81. The minimum Gasteiger partial charge on any atom is -0.368 e. The van der Waals surface area contributed by atoms with Crippen LogP contribution < -0.4 is 10.2 Å². The van der Waals surface area contributed by atoms with Gasteiger partial charge in [0.2, 0.25) is 5.91 Å². The summed E-state index contributed by atoms with van der Waals surface area (Å²) >= 11 is 0. The molecule has 0 radical (unpaired) electrons. The van der Waals surface area contributed by atoms with Crippen molar-refractivity contribution in [1.29, 1.82) is 0 Å². The second-order valence-corrected chi connectivity index (χ2v) is 9.45. The van der Waals surface area contributed by atoms with E-state index in [0.29, 0.717) is 31.2 Å². The van der Waals surface area contributed by atoms with Crippen LogP contribution in [0.2, 0.25) is 0 Å². The van der Waals surface area contributed by atoms with Crippen molar-refractivity contribution >= 4 is 11.6 Å². The molecule has 5 rings (SSSR count). The minimum absolute atomic E-state index is 0.202. The number of benzene rings is 2. The molecule has 0 aliphatic carbocycles. The van der Waals surface area contributed by atoms with Gasteiger partial charge in [0.15, 0.2) is 5.76 Å². The lowest BCUT2D eigenvalue weighted by Gasteiger charge is -2.38. The zero-order valence-electron chi connectivity index (χ0n) is 19.6. The first-order valence-corrected chi connectivity index (χ1v) is 12.3. The summed E-state index contributed by atoms with van der Waals surface area (Å²) in [6.07, 6.45) is 2.22. The number of piperazine rings is 1. The summed E-state index contributed by atoms with van der Waals surface area (Å²) in [5.41, 5.74) is 2.63. The van der Waals surface area contributed by atoms with E-state index >= 15 is 0 Å². The average Bonchev–Trinajstić information content (AvgIpc) is 3.35. The van der Waals surface area contributed by atoms with Crippen LogP contribution in [-0.2, 0) is 11.2 Å². The zero-order valence-corrected chi connectivity index (χ0v) is 19.6. The van der Waals surface area contributed by atoms with Gasteiger partial charge in [-0.15, -0.1) is 0 Å². The number of halogens is 2. The Morgan fingerprint density at radius 1 is 0.971 bits per heavy atom. The third kappa shape index (κ3) is 5.70. The molecule has 2 aliphatic rings. The van der Waals surface area contributed by atoms with Gasteiger partial charge < -0.3 is 19.6 Å². The van der Waals surface area contributed by atoms with Gasteiger partial charge in [-0.05, 0) is 86.3 Å². The van der Waals surface area contributed by atoms with Gasteiger partial charge in [-0.1, -0.05) is 5.16 Å². The molecule has 2 saturated heterocycles. The molecule has 1 aromatic heterocycles. The molecule has 184 valence electrons. The van der Waals surface area contributed by atoms with E-state index < -0.39 is 0 Å². The van der Waals surface area contributed by atoms with Crippen LogP contribution in [0.1, 0.15) is 18.5 Å². The fraction of sp³-hybridized carbons (Fsp3) is 0.407. The van der Waals surface area contributed by atoms with Gasteiger partial charge in [-0.2, -0.15) is 0 Å². The van der Waals surface area contributed by atoms with Crippen molar-refractivity contribution in [3.63, 3.8) is 0 Å². The molecule has 2 aliphatic heterocycles. The van der Waals surface area contributed by atoms with Gasteiger partial charge in [0.25, 0.3) is 0 Å². The topological polar surface area (TPSA) is 61.6 Å². The van der Waals surface area contributed by atoms with E-state index in [4.69, 9.17) is 4.52 Å². The van der Waals surface area contributed by atoms with E-state index in [1.54, 1.807) is 24.3 Å². The van der Waals surface area contributed by atoms with E-state index in [9.17, 15) is 13.6 Å². The Morgan fingerprint density at radius 2 is 1.66 bits per heavy atom. The zero-order chi connectivity index (χ0) is 24.2. The lowest BCUT2D eigenvalue weighted by molar-refractivity contribution is -0.133. The third-order valence-corrected chi connectivity index (χ3v) is 7.19. The molecular formula is C27H30F2N4O2. The molecule has 0 bridgehead atoms. The molecule has 3 heterocycles. The van der Waals surface area contributed by atoms with E-state index in [2.05, 4.69) is 15.4 Å². The summed E-state index contributed by atoms with van der Waals surface area (Å²) in [5, 5.41) is 7.69. The predicted molar refractivity (Wildman–Crippen MR) is 130 cm³/mol. The summed E-state index contributed by atoms with van der Waals surface area (Å²) in [7, 11) is 0. The number of hydrogen-bond acceptors (Lipinski definition) is 5. The van der Waals surface area contributed by atoms with Crippen LogP contribution >= 0.6 is 0 Å². The Morgan fingerprint density at radius 3 is 2.37 bits per heavy atom. The molecule has 1 amide bonds. The highest BCUT2D eigenvalue weighted by Gasteiger charge is 2.31. The molecule has 1 N–H and O–H groups in total. The standard InChI is InChI=1S/C27H30F2N4O2/c28-22-3-1-19(2-4-22)26-17-24(31-35-26)15-21-18-30-10-9-20(21)16-27(34)33-13-11-32(12-14-33)25-7-5-23(29)6-8-25/h1-8,17,20-21,30H,9-16,18H2/t20-,21+/m0/s1. The van der Waals surface area contributed by atoms with Crippen molar-refractivity contribution in [1.82, 2.24) is 15.4 Å².